The molecule has 0 radical (unpaired) electrons. The molecule has 0 N–H and O–H groups in total. The predicted octanol–water partition coefficient (Wildman–Crippen LogP) is 4.71. The SMILES string of the molecule is CCOc1ccc(/C=c2\sc3n(c2=O)[C@@H](c2ccc(SC)cc2)C(C(=O)OC(C)C)=C(C)N=3)cc1OCC. The van der Waals surface area contributed by atoms with Gasteiger partial charge in [0.25, 0.3) is 5.56 Å². The third-order valence-corrected chi connectivity index (χ3v) is 7.61. The number of nitrogens with zero attached hydrogens (tertiary/aromatic N) is 2. The number of benzene rings is 2. The maximum atomic E-state index is 13.8. The van der Waals surface area contributed by atoms with Gasteiger partial charge in [-0.05, 0) is 82.3 Å². The lowest BCUT2D eigenvalue weighted by Crippen LogP contribution is -2.40. The number of fused-ring (bicyclic) bond motifs is 1. The molecule has 1 aromatic heterocycles. The highest BCUT2D eigenvalue weighted by Crippen LogP contribution is 2.32. The first kappa shape index (κ1) is 27.7. The zero-order valence-electron chi connectivity index (χ0n) is 22.4. The van der Waals surface area contributed by atoms with Crippen LogP contribution in [0.1, 0.15) is 51.8 Å². The molecule has 38 heavy (non-hydrogen) atoms. The van der Waals surface area contributed by atoms with E-state index in [1.165, 1.54) is 11.3 Å². The van der Waals surface area contributed by atoms with Gasteiger partial charge in [0.15, 0.2) is 16.3 Å². The number of aromatic nitrogens is 1. The van der Waals surface area contributed by atoms with Crippen LogP contribution in [0.3, 0.4) is 0 Å². The molecule has 200 valence electrons. The van der Waals surface area contributed by atoms with E-state index >= 15 is 0 Å². The van der Waals surface area contributed by atoms with Crippen molar-refractivity contribution in [2.75, 3.05) is 19.5 Å². The minimum atomic E-state index is -0.644. The van der Waals surface area contributed by atoms with Crippen molar-refractivity contribution in [1.29, 1.82) is 0 Å². The summed E-state index contributed by atoms with van der Waals surface area (Å²) in [6, 6.07) is 12.8. The highest BCUT2D eigenvalue weighted by Gasteiger charge is 2.33. The number of thioether (sulfide) groups is 1. The van der Waals surface area contributed by atoms with Crippen LogP contribution in [0, 0.1) is 0 Å². The van der Waals surface area contributed by atoms with Crippen LogP contribution in [0.25, 0.3) is 6.08 Å². The number of esters is 1. The van der Waals surface area contributed by atoms with Crippen molar-refractivity contribution in [3.05, 3.63) is 84.5 Å². The summed E-state index contributed by atoms with van der Waals surface area (Å²) in [4.78, 5) is 33.4. The minimum Gasteiger partial charge on any atom is -0.490 e. The van der Waals surface area contributed by atoms with Gasteiger partial charge in [-0.1, -0.05) is 29.5 Å². The fourth-order valence-corrected chi connectivity index (χ4v) is 5.73. The molecule has 1 aliphatic rings. The highest BCUT2D eigenvalue weighted by molar-refractivity contribution is 7.98. The lowest BCUT2D eigenvalue weighted by molar-refractivity contribution is -0.143. The first-order valence-corrected chi connectivity index (χ1v) is 14.6. The number of thiazole rings is 1. The molecule has 2 heterocycles. The third kappa shape index (κ3) is 5.73. The van der Waals surface area contributed by atoms with Crippen LogP contribution >= 0.6 is 23.1 Å². The summed E-state index contributed by atoms with van der Waals surface area (Å²) in [5.74, 6) is 0.810. The Morgan fingerprint density at radius 3 is 2.42 bits per heavy atom. The summed E-state index contributed by atoms with van der Waals surface area (Å²) in [5, 5.41) is 0. The van der Waals surface area contributed by atoms with Gasteiger partial charge in [0.2, 0.25) is 0 Å². The van der Waals surface area contributed by atoms with Crippen LogP contribution in [-0.2, 0) is 9.53 Å². The Labute approximate surface area is 230 Å². The van der Waals surface area contributed by atoms with E-state index in [-0.39, 0.29) is 11.7 Å². The molecular formula is C29H32N2O5S2. The molecule has 9 heteroatoms. The van der Waals surface area contributed by atoms with Crippen LogP contribution in [0.15, 0.2) is 68.4 Å². The number of ether oxygens (including phenoxy) is 3. The second kappa shape index (κ2) is 12.0. The van der Waals surface area contributed by atoms with Gasteiger partial charge in [0.1, 0.15) is 0 Å². The van der Waals surface area contributed by atoms with E-state index in [0.29, 0.717) is 45.3 Å². The van der Waals surface area contributed by atoms with Crippen molar-refractivity contribution < 1.29 is 19.0 Å². The summed E-state index contributed by atoms with van der Waals surface area (Å²) in [6.07, 6.45) is 3.53. The van der Waals surface area contributed by atoms with E-state index in [1.54, 1.807) is 37.1 Å². The van der Waals surface area contributed by atoms with Crippen LogP contribution in [0.2, 0.25) is 0 Å². The number of hydrogen-bond acceptors (Lipinski definition) is 8. The quantitative estimate of drug-likeness (QED) is 0.283. The molecule has 2 aromatic carbocycles. The fraction of sp³-hybridized carbons (Fsp3) is 0.345. The van der Waals surface area contributed by atoms with E-state index < -0.39 is 12.0 Å². The van der Waals surface area contributed by atoms with E-state index in [4.69, 9.17) is 14.2 Å². The number of hydrogen-bond donors (Lipinski definition) is 0. The van der Waals surface area contributed by atoms with Gasteiger partial charge >= 0.3 is 5.97 Å². The largest absolute Gasteiger partial charge is 0.490 e. The normalized spacial score (nSPS) is 15.3. The summed E-state index contributed by atoms with van der Waals surface area (Å²) in [7, 11) is 0. The second-order valence-electron chi connectivity index (χ2n) is 8.88. The molecular weight excluding hydrogens is 520 g/mol. The van der Waals surface area contributed by atoms with Crippen LogP contribution in [0.5, 0.6) is 11.5 Å². The van der Waals surface area contributed by atoms with E-state index in [2.05, 4.69) is 4.99 Å². The van der Waals surface area contributed by atoms with Gasteiger partial charge in [-0.25, -0.2) is 9.79 Å². The van der Waals surface area contributed by atoms with Crippen molar-refractivity contribution in [3.63, 3.8) is 0 Å². The Balaban J connectivity index is 1.88. The summed E-state index contributed by atoms with van der Waals surface area (Å²) < 4.78 is 19.1. The summed E-state index contributed by atoms with van der Waals surface area (Å²) >= 11 is 2.92. The molecule has 0 saturated heterocycles. The van der Waals surface area contributed by atoms with Crippen molar-refractivity contribution in [2.24, 2.45) is 4.99 Å². The Kier molecular flexibility index (Phi) is 8.79. The molecule has 0 aliphatic carbocycles. The van der Waals surface area contributed by atoms with Crippen molar-refractivity contribution in [1.82, 2.24) is 4.57 Å². The third-order valence-electron chi connectivity index (χ3n) is 5.88. The highest BCUT2D eigenvalue weighted by atomic mass is 32.2. The Hall–Kier alpha value is -3.30. The average Bonchev–Trinajstić information content (AvgIpc) is 3.18. The molecule has 3 aromatic rings. The molecule has 0 fully saturated rings. The van der Waals surface area contributed by atoms with Gasteiger partial charge in [-0.3, -0.25) is 9.36 Å². The maximum Gasteiger partial charge on any atom is 0.338 e. The molecule has 7 nitrogen and oxygen atoms in total. The topological polar surface area (TPSA) is 79.1 Å². The first-order valence-electron chi connectivity index (χ1n) is 12.5. The molecule has 0 unspecified atom stereocenters. The Morgan fingerprint density at radius 2 is 1.79 bits per heavy atom. The molecule has 1 aliphatic heterocycles. The van der Waals surface area contributed by atoms with Crippen molar-refractivity contribution >= 4 is 35.1 Å². The maximum absolute atomic E-state index is 13.8. The number of carbonyl (C=O) groups excluding carboxylic acids is 1. The molecule has 1 atom stereocenters. The van der Waals surface area contributed by atoms with Crippen LogP contribution in [0.4, 0.5) is 0 Å². The molecule has 4 rings (SSSR count). The summed E-state index contributed by atoms with van der Waals surface area (Å²) in [6.45, 7) is 10.3. The number of rotatable bonds is 9. The lowest BCUT2D eigenvalue weighted by atomic mass is 9.96. The van der Waals surface area contributed by atoms with Gasteiger partial charge in [-0.2, -0.15) is 0 Å². The molecule has 0 amide bonds. The Morgan fingerprint density at radius 1 is 1.11 bits per heavy atom. The minimum absolute atomic E-state index is 0.220. The molecule has 0 saturated carbocycles. The fourth-order valence-electron chi connectivity index (χ4n) is 4.27. The van der Waals surface area contributed by atoms with E-state index in [0.717, 1.165) is 16.0 Å². The number of allylic oxidation sites excluding steroid dienone is 1. The van der Waals surface area contributed by atoms with Gasteiger partial charge < -0.3 is 14.2 Å². The first-order chi connectivity index (χ1) is 18.3. The van der Waals surface area contributed by atoms with Crippen LogP contribution < -0.4 is 24.4 Å². The lowest BCUT2D eigenvalue weighted by Gasteiger charge is -2.25. The smallest absolute Gasteiger partial charge is 0.338 e. The number of carbonyl (C=O) groups is 1. The van der Waals surface area contributed by atoms with E-state index in [9.17, 15) is 9.59 Å². The Bertz CT molecular complexity index is 1530. The van der Waals surface area contributed by atoms with E-state index in [1.807, 2.05) is 68.6 Å². The molecule has 0 bridgehead atoms. The van der Waals surface area contributed by atoms with Crippen molar-refractivity contribution in [3.8, 4) is 11.5 Å². The van der Waals surface area contributed by atoms with Crippen molar-refractivity contribution in [2.45, 2.75) is 51.7 Å². The standard InChI is InChI=1S/C29H32N2O5S2/c1-7-34-22-14-9-19(15-23(22)35-8-2)16-24-27(32)31-26(20-10-12-21(37-6)13-11-20)25(28(33)36-17(3)4)18(5)30-29(31)38-24/h9-17,26H,7-8H2,1-6H3/b24-16-/t26-/m0/s1. The van der Waals surface area contributed by atoms with Gasteiger partial charge in [-0.15, -0.1) is 11.8 Å². The zero-order chi connectivity index (χ0) is 27.4. The summed E-state index contributed by atoms with van der Waals surface area (Å²) in [5.41, 5.74) is 2.32. The monoisotopic (exact) mass is 552 g/mol. The van der Waals surface area contributed by atoms with Gasteiger partial charge in [0.05, 0.1) is 41.2 Å². The average molecular weight is 553 g/mol. The zero-order valence-corrected chi connectivity index (χ0v) is 24.1. The second-order valence-corrected chi connectivity index (χ2v) is 10.8. The van der Waals surface area contributed by atoms with Crippen LogP contribution in [-0.4, -0.2) is 36.1 Å². The van der Waals surface area contributed by atoms with Gasteiger partial charge in [0, 0.05) is 4.90 Å². The predicted molar refractivity (Wildman–Crippen MR) is 152 cm³/mol. The molecule has 0 spiro atoms.